The minimum absolute atomic E-state index is 0.208. The van der Waals surface area contributed by atoms with Crippen molar-refractivity contribution in [2.75, 3.05) is 31.8 Å². The van der Waals surface area contributed by atoms with E-state index in [1.807, 2.05) is 6.92 Å². The SMILES string of the molecule is COc1cc(Cl)c(C)cc1NC(=O)[C@@H]1CCCN(S(C)(=O)=O)C1. The van der Waals surface area contributed by atoms with Crippen molar-refractivity contribution in [3.63, 3.8) is 0 Å². The summed E-state index contributed by atoms with van der Waals surface area (Å²) < 4.78 is 29.9. The summed E-state index contributed by atoms with van der Waals surface area (Å²) in [5, 5.41) is 3.38. The van der Waals surface area contributed by atoms with E-state index in [2.05, 4.69) is 5.32 Å². The van der Waals surface area contributed by atoms with Crippen molar-refractivity contribution in [3.8, 4) is 5.75 Å². The van der Waals surface area contributed by atoms with Gasteiger partial charge in [0, 0.05) is 24.2 Å². The fourth-order valence-electron chi connectivity index (χ4n) is 2.62. The Bertz CT molecular complexity index is 706. The van der Waals surface area contributed by atoms with Gasteiger partial charge in [0.05, 0.1) is 25.0 Å². The molecule has 0 saturated carbocycles. The van der Waals surface area contributed by atoms with Crippen LogP contribution in [0.4, 0.5) is 5.69 Å². The molecule has 0 aromatic heterocycles. The Kier molecular flexibility index (Phi) is 5.54. The van der Waals surface area contributed by atoms with E-state index >= 15 is 0 Å². The highest BCUT2D eigenvalue weighted by atomic mass is 35.5. The third-order valence-electron chi connectivity index (χ3n) is 3.96. The molecule has 1 amide bonds. The number of amides is 1. The highest BCUT2D eigenvalue weighted by Crippen LogP contribution is 2.31. The number of rotatable bonds is 4. The van der Waals surface area contributed by atoms with Crippen LogP contribution in [0.2, 0.25) is 5.02 Å². The molecule has 1 atom stereocenters. The predicted octanol–water partition coefficient (Wildman–Crippen LogP) is 2.27. The van der Waals surface area contributed by atoms with Gasteiger partial charge in [-0.2, -0.15) is 0 Å². The number of anilines is 1. The van der Waals surface area contributed by atoms with Crippen LogP contribution in [-0.4, -0.2) is 45.1 Å². The number of nitrogens with zero attached hydrogens (tertiary/aromatic N) is 1. The van der Waals surface area contributed by atoms with E-state index < -0.39 is 10.0 Å². The predicted molar refractivity (Wildman–Crippen MR) is 90.5 cm³/mol. The van der Waals surface area contributed by atoms with Gasteiger partial charge >= 0.3 is 0 Å². The van der Waals surface area contributed by atoms with Gasteiger partial charge in [0.15, 0.2) is 0 Å². The van der Waals surface area contributed by atoms with E-state index in [4.69, 9.17) is 16.3 Å². The van der Waals surface area contributed by atoms with Gasteiger partial charge in [0.25, 0.3) is 0 Å². The summed E-state index contributed by atoms with van der Waals surface area (Å²) in [7, 11) is -1.78. The molecule has 0 aliphatic carbocycles. The summed E-state index contributed by atoms with van der Waals surface area (Å²) in [4.78, 5) is 12.5. The van der Waals surface area contributed by atoms with Crippen LogP contribution in [0.15, 0.2) is 12.1 Å². The van der Waals surface area contributed by atoms with E-state index in [0.29, 0.717) is 35.8 Å². The lowest BCUT2D eigenvalue weighted by atomic mass is 9.98. The number of hydrogen-bond acceptors (Lipinski definition) is 4. The number of carbonyl (C=O) groups excluding carboxylic acids is 1. The first kappa shape index (κ1) is 18.0. The third-order valence-corrected chi connectivity index (χ3v) is 5.64. The van der Waals surface area contributed by atoms with Crippen LogP contribution in [-0.2, 0) is 14.8 Å². The van der Waals surface area contributed by atoms with Crippen molar-refractivity contribution >= 4 is 33.2 Å². The van der Waals surface area contributed by atoms with Crippen molar-refractivity contribution < 1.29 is 17.9 Å². The Hall–Kier alpha value is -1.31. The van der Waals surface area contributed by atoms with Crippen molar-refractivity contribution in [1.29, 1.82) is 0 Å². The van der Waals surface area contributed by atoms with Gasteiger partial charge in [0.2, 0.25) is 15.9 Å². The summed E-state index contributed by atoms with van der Waals surface area (Å²) in [5.41, 5.74) is 1.36. The quantitative estimate of drug-likeness (QED) is 0.893. The zero-order chi connectivity index (χ0) is 17.2. The molecule has 23 heavy (non-hydrogen) atoms. The topological polar surface area (TPSA) is 75.7 Å². The van der Waals surface area contributed by atoms with Crippen molar-refractivity contribution in [2.45, 2.75) is 19.8 Å². The fourth-order valence-corrected chi connectivity index (χ4v) is 3.69. The molecular formula is C15H21ClN2O4S. The molecule has 1 saturated heterocycles. The molecule has 6 nitrogen and oxygen atoms in total. The number of methoxy groups -OCH3 is 1. The largest absolute Gasteiger partial charge is 0.495 e. The van der Waals surface area contributed by atoms with E-state index in [1.54, 1.807) is 12.1 Å². The molecule has 0 bridgehead atoms. The van der Waals surface area contributed by atoms with Crippen molar-refractivity contribution in [3.05, 3.63) is 22.7 Å². The molecule has 2 rings (SSSR count). The maximum Gasteiger partial charge on any atom is 0.228 e. The number of benzene rings is 1. The summed E-state index contributed by atoms with van der Waals surface area (Å²) in [6.45, 7) is 2.51. The lowest BCUT2D eigenvalue weighted by Gasteiger charge is -2.30. The molecule has 1 fully saturated rings. The highest BCUT2D eigenvalue weighted by Gasteiger charge is 2.30. The molecule has 1 aliphatic rings. The lowest BCUT2D eigenvalue weighted by Crippen LogP contribution is -2.43. The van der Waals surface area contributed by atoms with Gasteiger partial charge in [-0.3, -0.25) is 4.79 Å². The van der Waals surface area contributed by atoms with Crippen LogP contribution < -0.4 is 10.1 Å². The van der Waals surface area contributed by atoms with E-state index in [1.165, 1.54) is 17.7 Å². The van der Waals surface area contributed by atoms with Gasteiger partial charge in [-0.1, -0.05) is 11.6 Å². The Morgan fingerprint density at radius 3 is 2.74 bits per heavy atom. The standard InChI is InChI=1S/C15H21ClN2O4S/c1-10-7-13(14(22-2)8-12(10)16)17-15(19)11-5-4-6-18(9-11)23(3,20)21/h7-8,11H,4-6,9H2,1-3H3,(H,17,19)/t11-/m1/s1. The second-order valence-electron chi connectivity index (χ2n) is 5.75. The molecule has 0 radical (unpaired) electrons. The first-order valence-electron chi connectivity index (χ1n) is 7.32. The number of hydrogen-bond donors (Lipinski definition) is 1. The first-order valence-corrected chi connectivity index (χ1v) is 9.55. The normalized spacial score (nSPS) is 19.4. The first-order chi connectivity index (χ1) is 10.7. The number of carbonyl (C=O) groups is 1. The summed E-state index contributed by atoms with van der Waals surface area (Å²) in [5.74, 6) is -0.109. The van der Waals surface area contributed by atoms with Crippen LogP contribution in [0.5, 0.6) is 5.75 Å². The Morgan fingerprint density at radius 1 is 1.43 bits per heavy atom. The second-order valence-corrected chi connectivity index (χ2v) is 8.14. The molecule has 8 heteroatoms. The Morgan fingerprint density at radius 2 is 2.13 bits per heavy atom. The minimum atomic E-state index is -3.28. The van der Waals surface area contributed by atoms with Crippen LogP contribution in [0.25, 0.3) is 0 Å². The average molecular weight is 361 g/mol. The van der Waals surface area contributed by atoms with Crippen LogP contribution >= 0.6 is 11.6 Å². The number of sulfonamides is 1. The molecule has 1 aromatic rings. The van der Waals surface area contributed by atoms with Crippen LogP contribution in [0, 0.1) is 12.8 Å². The van der Waals surface area contributed by atoms with Gasteiger partial charge in [-0.05, 0) is 31.4 Å². The van der Waals surface area contributed by atoms with Gasteiger partial charge in [0.1, 0.15) is 5.75 Å². The molecule has 0 unspecified atom stereocenters. The minimum Gasteiger partial charge on any atom is -0.495 e. The monoisotopic (exact) mass is 360 g/mol. The molecule has 128 valence electrons. The van der Waals surface area contributed by atoms with E-state index in [9.17, 15) is 13.2 Å². The maximum atomic E-state index is 12.5. The Balaban J connectivity index is 2.14. The molecule has 1 N–H and O–H groups in total. The number of piperidine rings is 1. The number of nitrogens with one attached hydrogen (secondary N) is 1. The zero-order valence-corrected chi connectivity index (χ0v) is 15.0. The molecule has 1 heterocycles. The summed E-state index contributed by atoms with van der Waals surface area (Å²) in [6.07, 6.45) is 2.49. The number of aryl methyl sites for hydroxylation is 1. The lowest BCUT2D eigenvalue weighted by molar-refractivity contribution is -0.120. The Labute approximate surface area is 141 Å². The third kappa shape index (κ3) is 4.37. The highest BCUT2D eigenvalue weighted by molar-refractivity contribution is 7.88. The average Bonchev–Trinajstić information content (AvgIpc) is 2.50. The van der Waals surface area contributed by atoms with Crippen LogP contribution in [0.3, 0.4) is 0 Å². The van der Waals surface area contributed by atoms with E-state index in [0.717, 1.165) is 5.56 Å². The van der Waals surface area contributed by atoms with Gasteiger partial charge < -0.3 is 10.1 Å². The fraction of sp³-hybridized carbons (Fsp3) is 0.533. The summed E-state index contributed by atoms with van der Waals surface area (Å²) >= 11 is 6.05. The van der Waals surface area contributed by atoms with E-state index in [-0.39, 0.29) is 18.4 Å². The molecular weight excluding hydrogens is 340 g/mol. The van der Waals surface area contributed by atoms with Crippen LogP contribution in [0.1, 0.15) is 18.4 Å². The number of halogens is 1. The van der Waals surface area contributed by atoms with Gasteiger partial charge in [-0.15, -0.1) is 0 Å². The smallest absolute Gasteiger partial charge is 0.228 e. The molecule has 1 aromatic carbocycles. The zero-order valence-electron chi connectivity index (χ0n) is 13.4. The van der Waals surface area contributed by atoms with Gasteiger partial charge in [-0.25, -0.2) is 12.7 Å². The van der Waals surface area contributed by atoms with Crippen molar-refractivity contribution in [2.24, 2.45) is 5.92 Å². The number of ether oxygens (including phenoxy) is 1. The summed E-state index contributed by atoms with van der Waals surface area (Å²) in [6, 6.07) is 3.40. The molecule has 1 aliphatic heterocycles. The maximum absolute atomic E-state index is 12.5. The second kappa shape index (κ2) is 7.07. The molecule has 0 spiro atoms. The van der Waals surface area contributed by atoms with Crippen molar-refractivity contribution in [1.82, 2.24) is 4.31 Å².